The van der Waals surface area contributed by atoms with Crippen LogP contribution in [-0.4, -0.2) is 47.4 Å². The lowest BCUT2D eigenvalue weighted by molar-refractivity contribution is -0.0296. The Morgan fingerprint density at radius 1 is 1.33 bits per heavy atom. The van der Waals surface area contributed by atoms with Gasteiger partial charge in [0.15, 0.2) is 0 Å². The summed E-state index contributed by atoms with van der Waals surface area (Å²) in [6.07, 6.45) is 5.93. The molecule has 3 rings (SSSR count). The maximum Gasteiger partial charge on any atom is 0.0700 e. The number of nitrogens with zero attached hydrogens (tertiary/aromatic N) is 2. The molecule has 5 heteroatoms. The Bertz CT molecular complexity index is 558. The minimum atomic E-state index is 0.141. The van der Waals surface area contributed by atoms with Crippen LogP contribution in [0.15, 0.2) is 0 Å². The smallest absolute Gasteiger partial charge is 0.0700 e. The van der Waals surface area contributed by atoms with Gasteiger partial charge in [0, 0.05) is 36.8 Å². The summed E-state index contributed by atoms with van der Waals surface area (Å²) in [7, 11) is 2.13. The molecule has 0 bridgehead atoms. The number of nitrogens with two attached hydrogens (primary N) is 1. The molecule has 0 unspecified atom stereocenters. The van der Waals surface area contributed by atoms with Gasteiger partial charge in [-0.15, -0.1) is 0 Å². The normalized spacial score (nSPS) is 29.7. The van der Waals surface area contributed by atoms with Gasteiger partial charge in [-0.1, -0.05) is 13.8 Å². The fourth-order valence-corrected chi connectivity index (χ4v) is 4.64. The molecule has 24 heavy (non-hydrogen) atoms. The van der Waals surface area contributed by atoms with Crippen molar-refractivity contribution in [1.82, 2.24) is 15.1 Å². The molecule has 1 aliphatic carbocycles. The van der Waals surface area contributed by atoms with E-state index in [2.05, 4.69) is 42.9 Å². The molecular weight excluding hydrogens is 300 g/mol. The van der Waals surface area contributed by atoms with E-state index in [1.54, 1.807) is 0 Å². The molecule has 0 amide bonds. The average Bonchev–Trinajstić information content (AvgIpc) is 3.02. The highest BCUT2D eigenvalue weighted by molar-refractivity contribution is 5.28. The second kappa shape index (κ2) is 6.77. The Hall–Kier alpha value is -0.910. The van der Waals surface area contributed by atoms with Crippen LogP contribution < -0.4 is 5.73 Å². The summed E-state index contributed by atoms with van der Waals surface area (Å²) in [6.45, 7) is 10.2. The summed E-state index contributed by atoms with van der Waals surface area (Å²) >= 11 is 0. The van der Waals surface area contributed by atoms with Gasteiger partial charge in [-0.25, -0.2) is 0 Å². The minimum Gasteiger partial charge on any atom is -0.374 e. The van der Waals surface area contributed by atoms with Gasteiger partial charge in [-0.05, 0) is 51.5 Å². The molecule has 136 valence electrons. The van der Waals surface area contributed by atoms with E-state index in [9.17, 15) is 0 Å². The molecule has 1 saturated heterocycles. The maximum absolute atomic E-state index is 6.26. The van der Waals surface area contributed by atoms with Gasteiger partial charge in [-0.2, -0.15) is 5.10 Å². The number of aryl methyl sites for hydroxylation is 1. The monoisotopic (exact) mass is 334 g/mol. The average molecular weight is 335 g/mol. The SMILES string of the molecule is Cc1[nH]nc([C@H]2CC[C@@]3(CC2)CC(C)(C)CO3)c1CN(C)CCN. The number of nitrogens with one attached hydrogen (secondary N) is 1. The van der Waals surface area contributed by atoms with E-state index >= 15 is 0 Å². The van der Waals surface area contributed by atoms with E-state index in [4.69, 9.17) is 10.5 Å². The molecule has 0 aromatic carbocycles. The van der Waals surface area contributed by atoms with Crippen LogP contribution in [0.3, 0.4) is 0 Å². The summed E-state index contributed by atoms with van der Waals surface area (Å²) in [4.78, 5) is 2.29. The third kappa shape index (κ3) is 3.68. The zero-order chi connectivity index (χ0) is 17.4. The molecule has 1 spiro atoms. The molecule has 1 aromatic heterocycles. The Morgan fingerprint density at radius 2 is 2.04 bits per heavy atom. The number of aromatic nitrogens is 2. The first-order valence-corrected chi connectivity index (χ1v) is 9.40. The molecule has 1 saturated carbocycles. The lowest BCUT2D eigenvalue weighted by Gasteiger charge is -2.37. The molecule has 0 radical (unpaired) electrons. The Kier molecular flexibility index (Phi) is 5.05. The van der Waals surface area contributed by atoms with E-state index < -0.39 is 0 Å². The number of rotatable bonds is 5. The van der Waals surface area contributed by atoms with Crippen molar-refractivity contribution in [1.29, 1.82) is 0 Å². The van der Waals surface area contributed by atoms with Gasteiger partial charge in [0.05, 0.1) is 17.9 Å². The molecule has 2 fully saturated rings. The van der Waals surface area contributed by atoms with Gasteiger partial charge in [-0.3, -0.25) is 5.10 Å². The van der Waals surface area contributed by atoms with E-state index in [1.807, 2.05) is 0 Å². The maximum atomic E-state index is 6.26. The Morgan fingerprint density at radius 3 is 2.62 bits per heavy atom. The topological polar surface area (TPSA) is 67.2 Å². The number of ether oxygens (including phenoxy) is 1. The van der Waals surface area contributed by atoms with Crippen molar-refractivity contribution in [3.63, 3.8) is 0 Å². The fraction of sp³-hybridized carbons (Fsp3) is 0.842. The zero-order valence-electron chi connectivity index (χ0n) is 15.8. The molecule has 0 atom stereocenters. The first-order chi connectivity index (χ1) is 11.3. The second-order valence-corrected chi connectivity index (χ2v) is 8.83. The third-order valence-electron chi connectivity index (χ3n) is 5.90. The van der Waals surface area contributed by atoms with Crippen LogP contribution in [0.5, 0.6) is 0 Å². The standard InChI is InChI=1S/C19H34N4O/c1-14-16(11-23(4)10-9-20)17(22-21-14)15-5-7-19(8-6-15)12-18(2,3)13-24-19/h15H,5-13,20H2,1-4H3,(H,21,22)/t15-,19+. The molecule has 1 aliphatic heterocycles. The fourth-order valence-electron chi connectivity index (χ4n) is 4.64. The number of likely N-dealkylation sites (N-methyl/N-ethyl adjacent to an activating group) is 1. The summed E-state index contributed by atoms with van der Waals surface area (Å²) in [5, 5.41) is 7.89. The highest BCUT2D eigenvalue weighted by atomic mass is 16.5. The van der Waals surface area contributed by atoms with Gasteiger partial charge >= 0.3 is 0 Å². The summed E-state index contributed by atoms with van der Waals surface area (Å²) < 4.78 is 6.26. The van der Waals surface area contributed by atoms with Crippen molar-refractivity contribution in [3.8, 4) is 0 Å². The van der Waals surface area contributed by atoms with E-state index in [0.717, 1.165) is 19.7 Å². The molecule has 2 heterocycles. The van der Waals surface area contributed by atoms with Crippen LogP contribution in [0.25, 0.3) is 0 Å². The summed E-state index contributed by atoms with van der Waals surface area (Å²) in [6, 6.07) is 0. The highest BCUT2D eigenvalue weighted by Gasteiger charge is 2.46. The van der Waals surface area contributed by atoms with Crippen LogP contribution in [0, 0.1) is 12.3 Å². The Balaban J connectivity index is 1.67. The van der Waals surface area contributed by atoms with Crippen molar-refractivity contribution in [2.24, 2.45) is 11.1 Å². The summed E-state index contributed by atoms with van der Waals surface area (Å²) in [5.41, 5.74) is 10.0. The highest BCUT2D eigenvalue weighted by Crippen LogP contribution is 2.50. The van der Waals surface area contributed by atoms with Crippen molar-refractivity contribution in [2.45, 2.75) is 70.9 Å². The predicted octanol–water partition coefficient (Wildman–Crippen LogP) is 2.95. The molecular formula is C19H34N4O. The van der Waals surface area contributed by atoms with Crippen LogP contribution >= 0.6 is 0 Å². The molecule has 3 N–H and O–H groups in total. The Labute approximate surface area is 146 Å². The van der Waals surface area contributed by atoms with Crippen LogP contribution in [0.1, 0.15) is 68.8 Å². The van der Waals surface area contributed by atoms with E-state index in [0.29, 0.717) is 17.9 Å². The largest absolute Gasteiger partial charge is 0.374 e. The van der Waals surface area contributed by atoms with E-state index in [-0.39, 0.29) is 5.60 Å². The van der Waals surface area contributed by atoms with Crippen molar-refractivity contribution >= 4 is 0 Å². The lowest BCUT2D eigenvalue weighted by atomic mass is 9.72. The zero-order valence-corrected chi connectivity index (χ0v) is 15.8. The van der Waals surface area contributed by atoms with Gasteiger partial charge in [0.1, 0.15) is 0 Å². The second-order valence-electron chi connectivity index (χ2n) is 8.83. The van der Waals surface area contributed by atoms with Crippen molar-refractivity contribution in [3.05, 3.63) is 17.0 Å². The quantitative estimate of drug-likeness (QED) is 0.869. The van der Waals surface area contributed by atoms with Crippen LogP contribution in [0.2, 0.25) is 0 Å². The van der Waals surface area contributed by atoms with Gasteiger partial charge in [0.25, 0.3) is 0 Å². The van der Waals surface area contributed by atoms with Crippen molar-refractivity contribution in [2.75, 3.05) is 26.7 Å². The first kappa shape index (κ1) is 17.9. The van der Waals surface area contributed by atoms with Crippen LogP contribution in [0.4, 0.5) is 0 Å². The van der Waals surface area contributed by atoms with Crippen LogP contribution in [-0.2, 0) is 11.3 Å². The number of aromatic amines is 1. The lowest BCUT2D eigenvalue weighted by Crippen LogP contribution is -2.34. The predicted molar refractivity (Wildman–Crippen MR) is 97.0 cm³/mol. The molecule has 2 aliphatic rings. The number of hydrogen-bond donors (Lipinski definition) is 2. The minimum absolute atomic E-state index is 0.141. The van der Waals surface area contributed by atoms with E-state index in [1.165, 1.54) is 49.1 Å². The van der Waals surface area contributed by atoms with Gasteiger partial charge in [0.2, 0.25) is 0 Å². The van der Waals surface area contributed by atoms with Gasteiger partial charge < -0.3 is 15.4 Å². The summed E-state index contributed by atoms with van der Waals surface area (Å²) in [5.74, 6) is 0.564. The number of hydrogen-bond acceptors (Lipinski definition) is 4. The first-order valence-electron chi connectivity index (χ1n) is 9.40. The third-order valence-corrected chi connectivity index (χ3v) is 5.90. The number of H-pyrrole nitrogens is 1. The molecule has 1 aromatic rings. The molecule has 5 nitrogen and oxygen atoms in total. The van der Waals surface area contributed by atoms with Crippen molar-refractivity contribution < 1.29 is 4.74 Å².